The molecule has 0 unspecified atom stereocenters. The van der Waals surface area contributed by atoms with Gasteiger partial charge < -0.3 is 5.11 Å². The molecule has 0 bridgehead atoms. The summed E-state index contributed by atoms with van der Waals surface area (Å²) in [5, 5.41) is 8.35. The molecule has 0 saturated carbocycles. The van der Waals surface area contributed by atoms with Crippen LogP contribution in [0.1, 0.15) is 20.8 Å². The van der Waals surface area contributed by atoms with E-state index in [0.29, 0.717) is 5.57 Å². The van der Waals surface area contributed by atoms with Gasteiger partial charge >= 0.3 is 5.97 Å². The summed E-state index contributed by atoms with van der Waals surface area (Å²) in [5.41, 5.74) is 0.359. The number of carbonyl (C=O) groups excluding carboxylic acids is 1. The number of carboxylic acid groups (broad SMARTS) is 1. The minimum atomic E-state index is -1.07. The number of hydrogen-bond donors (Lipinski definition) is 1. The standard InChI is InChI=1S/C8H12O3/c1-5(2)7(6(3)9)4-8(10)11/h4-5H,1-3H3,(H,10,11)/b7-4-. The lowest BCUT2D eigenvalue weighted by atomic mass is 10.00. The molecule has 62 valence electrons. The summed E-state index contributed by atoms with van der Waals surface area (Å²) in [7, 11) is 0. The predicted octanol–water partition coefficient (Wildman–Crippen LogP) is 1.24. The molecule has 0 saturated heterocycles. The molecule has 0 rings (SSSR count). The first-order chi connectivity index (χ1) is 4.95. The van der Waals surface area contributed by atoms with Gasteiger partial charge in [-0.05, 0) is 12.8 Å². The number of carboxylic acids is 1. The number of rotatable bonds is 3. The summed E-state index contributed by atoms with van der Waals surface area (Å²) in [6, 6.07) is 0. The van der Waals surface area contributed by atoms with Crippen molar-refractivity contribution < 1.29 is 14.7 Å². The zero-order chi connectivity index (χ0) is 9.02. The van der Waals surface area contributed by atoms with E-state index in [0.717, 1.165) is 6.08 Å². The number of carbonyl (C=O) groups is 2. The quantitative estimate of drug-likeness (QED) is 0.625. The van der Waals surface area contributed by atoms with Crippen molar-refractivity contribution in [1.29, 1.82) is 0 Å². The van der Waals surface area contributed by atoms with E-state index in [9.17, 15) is 9.59 Å². The maximum atomic E-state index is 10.8. The van der Waals surface area contributed by atoms with Gasteiger partial charge in [0.2, 0.25) is 0 Å². The van der Waals surface area contributed by atoms with Crippen LogP contribution in [0.25, 0.3) is 0 Å². The molecule has 0 aromatic carbocycles. The lowest BCUT2D eigenvalue weighted by molar-refractivity contribution is -0.131. The fourth-order valence-corrected chi connectivity index (χ4v) is 0.808. The largest absolute Gasteiger partial charge is 0.478 e. The first kappa shape index (κ1) is 9.88. The molecule has 0 heterocycles. The first-order valence-corrected chi connectivity index (χ1v) is 3.40. The van der Waals surface area contributed by atoms with E-state index in [4.69, 9.17) is 5.11 Å². The van der Waals surface area contributed by atoms with Crippen molar-refractivity contribution >= 4 is 11.8 Å². The van der Waals surface area contributed by atoms with E-state index in [2.05, 4.69) is 0 Å². The molecule has 0 aliphatic heterocycles. The van der Waals surface area contributed by atoms with Gasteiger partial charge in [0.1, 0.15) is 0 Å². The fraction of sp³-hybridized carbons (Fsp3) is 0.500. The van der Waals surface area contributed by atoms with E-state index in [1.807, 2.05) is 0 Å². The second-order valence-electron chi connectivity index (χ2n) is 2.65. The van der Waals surface area contributed by atoms with E-state index < -0.39 is 5.97 Å². The Morgan fingerprint density at radius 3 is 1.91 bits per heavy atom. The highest BCUT2D eigenvalue weighted by molar-refractivity contribution is 5.99. The highest BCUT2D eigenvalue weighted by Crippen LogP contribution is 2.09. The van der Waals surface area contributed by atoms with Crippen LogP contribution in [0.5, 0.6) is 0 Å². The zero-order valence-corrected chi connectivity index (χ0v) is 6.92. The van der Waals surface area contributed by atoms with E-state index in [1.165, 1.54) is 6.92 Å². The summed E-state index contributed by atoms with van der Waals surface area (Å²) in [6.45, 7) is 4.95. The number of hydrogen-bond acceptors (Lipinski definition) is 2. The maximum absolute atomic E-state index is 10.8. The Labute approximate surface area is 65.7 Å². The van der Waals surface area contributed by atoms with Gasteiger partial charge in [-0.3, -0.25) is 4.79 Å². The van der Waals surface area contributed by atoms with Gasteiger partial charge in [-0.2, -0.15) is 0 Å². The van der Waals surface area contributed by atoms with Crippen molar-refractivity contribution in [2.75, 3.05) is 0 Å². The highest BCUT2D eigenvalue weighted by Gasteiger charge is 2.09. The Kier molecular flexibility index (Phi) is 3.51. The summed E-state index contributed by atoms with van der Waals surface area (Å²) >= 11 is 0. The molecule has 3 heteroatoms. The molecule has 0 spiro atoms. The number of Topliss-reactive ketones (excluding diaryl/α,β-unsaturated/α-hetero) is 1. The Morgan fingerprint density at radius 2 is 1.82 bits per heavy atom. The predicted molar refractivity (Wildman–Crippen MR) is 41.2 cm³/mol. The summed E-state index contributed by atoms with van der Waals surface area (Å²) in [5.74, 6) is -1.27. The highest BCUT2D eigenvalue weighted by atomic mass is 16.4. The SMILES string of the molecule is CC(=O)/C(=C\C(=O)O)C(C)C. The Hall–Kier alpha value is -1.12. The van der Waals surface area contributed by atoms with Crippen LogP contribution in [0.4, 0.5) is 0 Å². The summed E-state index contributed by atoms with van der Waals surface area (Å²) in [6.07, 6.45) is 0.965. The molecule has 0 atom stereocenters. The molecule has 0 aliphatic rings. The Bertz CT molecular complexity index is 201. The lowest BCUT2D eigenvalue weighted by Gasteiger charge is -2.04. The van der Waals surface area contributed by atoms with Crippen LogP contribution < -0.4 is 0 Å². The molecule has 11 heavy (non-hydrogen) atoms. The molecular formula is C8H12O3. The van der Waals surface area contributed by atoms with Gasteiger partial charge in [0, 0.05) is 11.6 Å². The second-order valence-corrected chi connectivity index (χ2v) is 2.65. The van der Waals surface area contributed by atoms with E-state index in [1.54, 1.807) is 13.8 Å². The van der Waals surface area contributed by atoms with Crippen molar-refractivity contribution in [3.63, 3.8) is 0 Å². The topological polar surface area (TPSA) is 54.4 Å². The van der Waals surface area contributed by atoms with E-state index >= 15 is 0 Å². The van der Waals surface area contributed by atoms with Crippen LogP contribution in [0.3, 0.4) is 0 Å². The minimum Gasteiger partial charge on any atom is -0.478 e. The van der Waals surface area contributed by atoms with Crippen LogP contribution in [-0.4, -0.2) is 16.9 Å². The average molecular weight is 156 g/mol. The summed E-state index contributed by atoms with van der Waals surface area (Å²) < 4.78 is 0. The van der Waals surface area contributed by atoms with Crippen molar-refractivity contribution in [2.45, 2.75) is 20.8 Å². The molecule has 1 N–H and O–H groups in total. The van der Waals surface area contributed by atoms with Gasteiger partial charge in [0.25, 0.3) is 0 Å². The molecule has 0 amide bonds. The molecule has 0 aromatic heterocycles. The minimum absolute atomic E-state index is 0.0244. The van der Waals surface area contributed by atoms with Gasteiger partial charge in [-0.15, -0.1) is 0 Å². The smallest absolute Gasteiger partial charge is 0.328 e. The van der Waals surface area contributed by atoms with Gasteiger partial charge in [0.05, 0.1) is 0 Å². The number of aliphatic carboxylic acids is 1. The average Bonchev–Trinajstić information content (AvgIpc) is 1.81. The zero-order valence-electron chi connectivity index (χ0n) is 6.92. The van der Waals surface area contributed by atoms with Crippen molar-refractivity contribution in [1.82, 2.24) is 0 Å². The van der Waals surface area contributed by atoms with Crippen molar-refractivity contribution in [3.05, 3.63) is 11.6 Å². The Morgan fingerprint density at radius 1 is 1.36 bits per heavy atom. The molecule has 0 aromatic rings. The van der Waals surface area contributed by atoms with Crippen LogP contribution >= 0.6 is 0 Å². The maximum Gasteiger partial charge on any atom is 0.328 e. The van der Waals surface area contributed by atoms with Crippen LogP contribution in [0.2, 0.25) is 0 Å². The van der Waals surface area contributed by atoms with Gasteiger partial charge in [0.15, 0.2) is 5.78 Å². The van der Waals surface area contributed by atoms with Crippen LogP contribution in [0.15, 0.2) is 11.6 Å². The monoisotopic (exact) mass is 156 g/mol. The summed E-state index contributed by atoms with van der Waals surface area (Å²) in [4.78, 5) is 21.0. The fourth-order valence-electron chi connectivity index (χ4n) is 0.808. The third-order valence-electron chi connectivity index (χ3n) is 1.31. The Balaban J connectivity index is 4.60. The second kappa shape index (κ2) is 3.91. The van der Waals surface area contributed by atoms with Gasteiger partial charge in [-0.25, -0.2) is 4.79 Å². The number of allylic oxidation sites excluding steroid dienone is 1. The van der Waals surface area contributed by atoms with Crippen molar-refractivity contribution in [2.24, 2.45) is 5.92 Å². The van der Waals surface area contributed by atoms with Crippen molar-refractivity contribution in [3.8, 4) is 0 Å². The molecule has 0 aliphatic carbocycles. The van der Waals surface area contributed by atoms with Crippen LogP contribution in [-0.2, 0) is 9.59 Å². The lowest BCUT2D eigenvalue weighted by Crippen LogP contribution is -2.06. The molecular weight excluding hydrogens is 144 g/mol. The molecule has 0 radical (unpaired) electrons. The molecule has 3 nitrogen and oxygen atoms in total. The van der Waals surface area contributed by atoms with E-state index in [-0.39, 0.29) is 11.7 Å². The first-order valence-electron chi connectivity index (χ1n) is 3.40. The third kappa shape index (κ3) is 3.55. The third-order valence-corrected chi connectivity index (χ3v) is 1.31. The molecule has 0 fully saturated rings. The number of ketones is 1. The normalized spacial score (nSPS) is 11.8. The van der Waals surface area contributed by atoms with Crippen LogP contribution in [0, 0.1) is 5.92 Å². The van der Waals surface area contributed by atoms with Gasteiger partial charge in [-0.1, -0.05) is 13.8 Å².